The summed E-state index contributed by atoms with van der Waals surface area (Å²) in [5, 5.41) is 0. The Morgan fingerprint density at radius 2 is 2.33 bits per heavy atom. The lowest BCUT2D eigenvalue weighted by molar-refractivity contribution is 0.863. The summed E-state index contributed by atoms with van der Waals surface area (Å²) in [6.45, 7) is 4.21. The largest absolute Gasteiger partial charge is 0.265 e. The predicted octanol–water partition coefficient (Wildman–Crippen LogP) is 2.21. The summed E-state index contributed by atoms with van der Waals surface area (Å²) in [7, 11) is 0. The van der Waals surface area contributed by atoms with E-state index in [1.807, 2.05) is 6.07 Å². The quantitative estimate of drug-likeness (QED) is 0.556. The Bertz CT molecular complexity index is 220. The van der Waals surface area contributed by atoms with Gasteiger partial charge in [0.2, 0.25) is 0 Å². The zero-order chi connectivity index (χ0) is 7.56. The Kier molecular flexibility index (Phi) is 1.45. The minimum Gasteiger partial charge on any atom is -0.265 e. The van der Waals surface area contributed by atoms with E-state index in [9.17, 15) is 0 Å². The van der Waals surface area contributed by atoms with Crippen LogP contribution in [0.5, 0.6) is 0 Å². The van der Waals surface area contributed by atoms with Gasteiger partial charge in [0.25, 0.3) is 0 Å². The summed E-state index contributed by atoms with van der Waals surface area (Å²) in [5.41, 5.74) is 1.18. The van der Waals surface area contributed by atoms with Crippen molar-refractivity contribution < 1.29 is 1.37 Å². The molecule has 48 valence electrons. The van der Waals surface area contributed by atoms with Crippen molar-refractivity contribution in [3.63, 3.8) is 0 Å². The smallest absolute Gasteiger partial charge is 0.0840 e. The maximum absolute atomic E-state index is 7.22. The molecule has 1 nitrogen and oxygen atoms in total. The first-order valence-corrected chi connectivity index (χ1v) is 3.12. The summed E-state index contributed by atoms with van der Waals surface area (Å²) >= 11 is 0. The maximum atomic E-state index is 7.22. The molecule has 1 aromatic rings. The van der Waals surface area contributed by atoms with Gasteiger partial charge in [0.15, 0.2) is 0 Å². The second kappa shape index (κ2) is 2.62. The summed E-state index contributed by atoms with van der Waals surface area (Å²) in [4.78, 5) is 3.79. The molecule has 0 saturated heterocycles. The Balaban J connectivity index is 2.96. The highest BCUT2D eigenvalue weighted by Gasteiger charge is 1.93. The molecule has 0 aliphatic heterocycles. The highest BCUT2D eigenvalue weighted by atomic mass is 14.6. The van der Waals surface area contributed by atoms with Gasteiger partial charge in [0, 0.05) is 12.4 Å². The second-order valence-corrected chi connectivity index (χ2v) is 2.37. The van der Waals surface area contributed by atoms with Crippen LogP contribution in [0.25, 0.3) is 0 Å². The number of hydrogen-bond acceptors (Lipinski definition) is 1. The van der Waals surface area contributed by atoms with E-state index >= 15 is 0 Å². The van der Waals surface area contributed by atoms with E-state index in [1.165, 1.54) is 5.56 Å². The molecule has 0 aliphatic carbocycles. The van der Waals surface area contributed by atoms with Crippen LogP contribution in [-0.2, 0) is 0 Å². The van der Waals surface area contributed by atoms with Crippen LogP contribution in [0.3, 0.4) is 0 Å². The molecular formula is C8H11N. The summed E-state index contributed by atoms with van der Waals surface area (Å²) < 4.78 is 7.22. The molecule has 0 bridgehead atoms. The van der Waals surface area contributed by atoms with Gasteiger partial charge in [-0.2, -0.15) is 0 Å². The zero-order valence-corrected chi connectivity index (χ0v) is 5.76. The summed E-state index contributed by atoms with van der Waals surface area (Å²) in [6.07, 6.45) is 2.03. The number of nitrogens with zero attached hydrogens (tertiary/aromatic N) is 1. The fourth-order valence-corrected chi connectivity index (χ4v) is 0.685. The standard InChI is InChI=1S/C8H11N/c1-7(2)8-3-5-9-6-4-8/h3-7H,1-2H3/i5D. The van der Waals surface area contributed by atoms with Crippen molar-refractivity contribution in [2.24, 2.45) is 0 Å². The topological polar surface area (TPSA) is 12.9 Å². The van der Waals surface area contributed by atoms with Crippen LogP contribution in [-0.4, -0.2) is 4.98 Å². The van der Waals surface area contributed by atoms with Crippen LogP contribution in [0.1, 0.15) is 26.7 Å². The molecule has 0 aliphatic rings. The summed E-state index contributed by atoms with van der Waals surface area (Å²) in [6, 6.07) is 3.74. The normalized spacial score (nSPS) is 11.7. The van der Waals surface area contributed by atoms with E-state index in [0.717, 1.165) is 0 Å². The zero-order valence-electron chi connectivity index (χ0n) is 6.76. The molecule has 0 spiro atoms. The molecular weight excluding hydrogens is 110 g/mol. The van der Waals surface area contributed by atoms with Crippen LogP contribution < -0.4 is 0 Å². The minimum atomic E-state index is 0.353. The molecule has 1 aromatic heterocycles. The van der Waals surface area contributed by atoms with Crippen LogP contribution in [0.2, 0.25) is 0 Å². The number of hydrogen-bond donors (Lipinski definition) is 0. The van der Waals surface area contributed by atoms with Crippen LogP contribution in [0.15, 0.2) is 24.5 Å². The van der Waals surface area contributed by atoms with Gasteiger partial charge in [-0.05, 0) is 23.6 Å². The van der Waals surface area contributed by atoms with Crippen molar-refractivity contribution in [2.45, 2.75) is 19.8 Å². The van der Waals surface area contributed by atoms with Gasteiger partial charge >= 0.3 is 0 Å². The van der Waals surface area contributed by atoms with Crippen LogP contribution >= 0.6 is 0 Å². The molecule has 0 N–H and O–H groups in total. The molecule has 0 radical (unpaired) electrons. The SMILES string of the molecule is [2H]c1cc(C(C)C)ccn1. The highest BCUT2D eigenvalue weighted by molar-refractivity contribution is 5.13. The molecule has 0 amide bonds. The van der Waals surface area contributed by atoms with Gasteiger partial charge in [-0.1, -0.05) is 13.8 Å². The molecule has 1 heteroatoms. The Morgan fingerprint density at radius 1 is 1.56 bits per heavy atom. The van der Waals surface area contributed by atoms with Crippen molar-refractivity contribution in [3.05, 3.63) is 30.1 Å². The lowest BCUT2D eigenvalue weighted by Crippen LogP contribution is -1.85. The van der Waals surface area contributed by atoms with E-state index in [-0.39, 0.29) is 0 Å². The Morgan fingerprint density at radius 3 is 2.78 bits per heavy atom. The average Bonchev–Trinajstić information content (AvgIpc) is 1.88. The third-order valence-corrected chi connectivity index (χ3v) is 1.31. The lowest BCUT2D eigenvalue weighted by atomic mass is 10.1. The fourth-order valence-electron chi connectivity index (χ4n) is 0.685. The van der Waals surface area contributed by atoms with Gasteiger partial charge in [0.1, 0.15) is 0 Å². The third-order valence-electron chi connectivity index (χ3n) is 1.31. The van der Waals surface area contributed by atoms with Gasteiger partial charge in [0.05, 0.1) is 1.37 Å². The van der Waals surface area contributed by atoms with E-state index in [0.29, 0.717) is 12.1 Å². The average molecular weight is 122 g/mol. The van der Waals surface area contributed by atoms with E-state index < -0.39 is 0 Å². The first-order valence-electron chi connectivity index (χ1n) is 3.62. The van der Waals surface area contributed by atoms with Crippen LogP contribution in [0, 0.1) is 0 Å². The maximum Gasteiger partial charge on any atom is 0.0840 e. The first-order chi connectivity index (χ1) is 4.70. The summed E-state index contributed by atoms with van der Waals surface area (Å²) in [5.74, 6) is 0.493. The van der Waals surface area contributed by atoms with Crippen molar-refractivity contribution in [3.8, 4) is 0 Å². The molecule has 0 fully saturated rings. The molecule has 0 aromatic carbocycles. The van der Waals surface area contributed by atoms with Crippen molar-refractivity contribution in [1.82, 2.24) is 4.98 Å². The molecule has 0 atom stereocenters. The molecule has 1 heterocycles. The van der Waals surface area contributed by atoms with Gasteiger partial charge in [-0.3, -0.25) is 4.98 Å². The van der Waals surface area contributed by atoms with E-state index in [2.05, 4.69) is 18.8 Å². The fraction of sp³-hybridized carbons (Fsp3) is 0.375. The van der Waals surface area contributed by atoms with Gasteiger partial charge in [-0.25, -0.2) is 0 Å². The Hall–Kier alpha value is -0.850. The van der Waals surface area contributed by atoms with Crippen molar-refractivity contribution in [1.29, 1.82) is 0 Å². The van der Waals surface area contributed by atoms with Crippen molar-refractivity contribution >= 4 is 0 Å². The number of pyridine rings is 1. The minimum absolute atomic E-state index is 0.353. The highest BCUT2D eigenvalue weighted by Crippen LogP contribution is 2.10. The van der Waals surface area contributed by atoms with E-state index in [4.69, 9.17) is 1.37 Å². The number of aromatic nitrogens is 1. The molecule has 0 saturated carbocycles. The molecule has 1 rings (SSSR count). The van der Waals surface area contributed by atoms with E-state index in [1.54, 1.807) is 12.3 Å². The van der Waals surface area contributed by atoms with Crippen LogP contribution in [0.4, 0.5) is 0 Å². The molecule has 0 unspecified atom stereocenters. The van der Waals surface area contributed by atoms with Gasteiger partial charge < -0.3 is 0 Å². The van der Waals surface area contributed by atoms with Crippen molar-refractivity contribution in [2.75, 3.05) is 0 Å². The predicted molar refractivity (Wildman–Crippen MR) is 38.3 cm³/mol. The number of rotatable bonds is 1. The third kappa shape index (κ3) is 1.53. The monoisotopic (exact) mass is 122 g/mol. The first kappa shape index (κ1) is 4.98. The van der Waals surface area contributed by atoms with Gasteiger partial charge in [-0.15, -0.1) is 0 Å². The lowest BCUT2D eigenvalue weighted by Gasteiger charge is -2.01. The Labute approximate surface area is 57.2 Å². The molecule has 9 heavy (non-hydrogen) atoms. The second-order valence-electron chi connectivity index (χ2n) is 2.37.